The van der Waals surface area contributed by atoms with Crippen molar-refractivity contribution in [2.24, 2.45) is 0 Å². The van der Waals surface area contributed by atoms with Gasteiger partial charge in [-0.1, -0.05) is 17.9 Å². The molecule has 3 unspecified atom stereocenters. The number of aryl methyl sites for hydroxylation is 2. The van der Waals surface area contributed by atoms with Crippen molar-refractivity contribution in [3.8, 4) is 29.2 Å². The highest BCUT2D eigenvalue weighted by Crippen LogP contribution is 2.66. The van der Waals surface area contributed by atoms with E-state index >= 15 is 0 Å². The molecule has 27 nitrogen and oxygen atoms in total. The largest absolute Gasteiger partial charge is 0.490 e. The first-order valence-electron chi connectivity index (χ1n) is 27.4. The van der Waals surface area contributed by atoms with Crippen molar-refractivity contribution in [2.75, 3.05) is 43.4 Å². The average molecular weight is 1230 g/mol. The summed E-state index contributed by atoms with van der Waals surface area (Å²) in [5.74, 6) is 5.54. The lowest BCUT2D eigenvalue weighted by Gasteiger charge is -2.39. The van der Waals surface area contributed by atoms with E-state index in [4.69, 9.17) is 29.7 Å². The maximum atomic E-state index is 14.2. The number of ether oxygens (including phenoxy) is 3. The molecule has 85 heavy (non-hydrogen) atoms. The average Bonchev–Trinajstić information content (AvgIpc) is 1.91. The van der Waals surface area contributed by atoms with Crippen molar-refractivity contribution in [3.05, 3.63) is 131 Å². The van der Waals surface area contributed by atoms with Gasteiger partial charge in [-0.15, -0.1) is 0 Å². The minimum Gasteiger partial charge on any atom is -0.478 e. The number of fused-ring (bicyclic) bond motifs is 5. The number of nitrogens with zero attached hydrogens (tertiary/aromatic N) is 7. The predicted octanol–water partition coefficient (Wildman–Crippen LogP) is 5.60. The Hall–Kier alpha value is -7.27. The monoisotopic (exact) mass is 1230 g/mol. The van der Waals surface area contributed by atoms with Gasteiger partial charge in [0.25, 0.3) is 5.69 Å². The molecule has 0 amide bonds. The van der Waals surface area contributed by atoms with Crippen molar-refractivity contribution in [2.45, 2.75) is 102 Å². The molecule has 6 aliphatic rings. The van der Waals surface area contributed by atoms with E-state index < -0.39 is 65.5 Å². The number of carbonyl (C=O) groups is 2. The number of carboxylic acids is 1. The molecule has 0 bridgehead atoms. The molecule has 0 aliphatic carbocycles. The Morgan fingerprint density at radius 1 is 0.918 bits per heavy atom. The van der Waals surface area contributed by atoms with Gasteiger partial charge in [0.05, 0.1) is 40.7 Å². The van der Waals surface area contributed by atoms with Gasteiger partial charge in [-0.05, 0) is 93.0 Å². The van der Waals surface area contributed by atoms with E-state index in [1.165, 1.54) is 64.3 Å². The van der Waals surface area contributed by atoms with Gasteiger partial charge in [-0.2, -0.15) is 18.6 Å². The molecule has 1 fully saturated rings. The molecule has 444 valence electrons. The van der Waals surface area contributed by atoms with E-state index in [2.05, 4.69) is 61.5 Å². The summed E-state index contributed by atoms with van der Waals surface area (Å²) in [6.07, 6.45) is 3.54. The van der Waals surface area contributed by atoms with Gasteiger partial charge < -0.3 is 54.6 Å². The summed E-state index contributed by atoms with van der Waals surface area (Å²) in [6.45, 7) is 4.48. The smallest absolute Gasteiger partial charge is 0.478 e. The predicted molar refractivity (Wildman–Crippen MR) is 300 cm³/mol. The summed E-state index contributed by atoms with van der Waals surface area (Å²) in [4.78, 5) is 91.5. The van der Waals surface area contributed by atoms with Crippen LogP contribution in [0.15, 0.2) is 54.9 Å². The highest BCUT2D eigenvalue weighted by Gasteiger charge is 2.44. The Kier molecular flexibility index (Phi) is 15.4. The molecule has 12 rings (SSSR count). The van der Waals surface area contributed by atoms with Crippen LogP contribution in [0.5, 0.6) is 17.4 Å². The molecule has 8 N–H and O–H groups in total. The summed E-state index contributed by atoms with van der Waals surface area (Å²) >= 11 is 0. The van der Waals surface area contributed by atoms with E-state index in [-0.39, 0.29) is 70.4 Å². The van der Waals surface area contributed by atoms with Crippen LogP contribution in [0.25, 0.3) is 16.7 Å². The van der Waals surface area contributed by atoms with Crippen LogP contribution in [-0.2, 0) is 57.3 Å². The van der Waals surface area contributed by atoms with Gasteiger partial charge in [-0.25, -0.2) is 28.0 Å². The number of imidazole rings is 1. The first-order valence-corrected chi connectivity index (χ1v) is 31.9. The lowest BCUT2D eigenvalue weighted by Crippen LogP contribution is -2.45. The number of benzene rings is 4. The number of aliphatic hydroxyl groups excluding tert-OH is 1. The summed E-state index contributed by atoms with van der Waals surface area (Å²) in [7, 11) is -17.0. The lowest BCUT2D eigenvalue weighted by atomic mass is 9.81. The van der Waals surface area contributed by atoms with Crippen LogP contribution in [0.1, 0.15) is 129 Å². The Morgan fingerprint density at radius 3 is 2.44 bits per heavy atom. The first kappa shape index (κ1) is 58.1. The topological polar surface area (TPSA) is 381 Å². The number of phosphoric ester groups is 1. The number of nitrogens with two attached hydrogens (primary N) is 1. The van der Waals surface area contributed by atoms with Gasteiger partial charge in [0.1, 0.15) is 43.0 Å². The number of anilines is 2. The van der Waals surface area contributed by atoms with Gasteiger partial charge in [0.15, 0.2) is 16.9 Å². The molecular weight excluding hydrogens is 1170 g/mol. The molecule has 8 heterocycles. The van der Waals surface area contributed by atoms with Gasteiger partial charge in [0, 0.05) is 95.6 Å². The molecule has 0 spiro atoms. The van der Waals surface area contributed by atoms with E-state index in [0.29, 0.717) is 11.1 Å². The van der Waals surface area contributed by atoms with Gasteiger partial charge in [0.2, 0.25) is 17.2 Å². The molecule has 6 atom stereocenters. The molecule has 1 saturated heterocycles. The molecule has 30 heteroatoms. The van der Waals surface area contributed by atoms with Crippen molar-refractivity contribution in [1.29, 1.82) is 0 Å². The lowest BCUT2D eigenvalue weighted by molar-refractivity contribution is -0.386. The van der Waals surface area contributed by atoms with Gasteiger partial charge >= 0.3 is 29.4 Å². The molecule has 0 radical (unpaired) electrons. The zero-order valence-electron chi connectivity index (χ0n) is 45.4. The van der Waals surface area contributed by atoms with Crippen LogP contribution in [0.4, 0.5) is 17.3 Å². The van der Waals surface area contributed by atoms with Crippen LogP contribution in [0.2, 0.25) is 0 Å². The number of rotatable bonds is 17. The molecule has 4 aromatic carbocycles. The molecule has 6 aliphatic heterocycles. The normalized spacial score (nSPS) is 20.4. The molecule has 2 aromatic heterocycles. The van der Waals surface area contributed by atoms with Crippen LogP contribution in [0, 0.1) is 22.0 Å². The summed E-state index contributed by atoms with van der Waals surface area (Å²) in [5, 5.41) is 36.2. The number of aromatic nitrogens is 4. The number of aromatic carboxylic acids is 1. The highest BCUT2D eigenvalue weighted by molar-refractivity contribution is 7.66. The summed E-state index contributed by atoms with van der Waals surface area (Å²) in [6, 6.07) is 13.4. The maximum absolute atomic E-state index is 14.2. The van der Waals surface area contributed by atoms with Gasteiger partial charge in [-0.3, -0.25) is 24.0 Å². The Balaban J connectivity index is 0.767. The number of aliphatic hydroxyl groups is 1. The fraction of sp³-hybridized carbons (Fsp3) is 0.382. The number of hydrogen-bond donors (Lipinski definition) is 7. The van der Waals surface area contributed by atoms with E-state index in [0.717, 1.165) is 117 Å². The minimum absolute atomic E-state index is 0.0147. The number of hydrogen-bond acceptors (Lipinski definition) is 19. The quantitative estimate of drug-likeness (QED) is 0.0146. The number of Topliss-reactive ketones (excluding diaryl/α,β-unsaturated/α-hetero) is 1. The van der Waals surface area contributed by atoms with Crippen molar-refractivity contribution < 1.29 is 85.3 Å². The van der Waals surface area contributed by atoms with Crippen molar-refractivity contribution in [3.63, 3.8) is 0 Å². The standard InChI is InChI=1S/C55H55N8O19P3/c1-29(78-53-47-52(58-55(56)59-53)62(28-57-47)45-26-43(65)44(79-45)27-77-84(73,74)82-85(75,76)81-83(70,71)72)34-16-14-30(22-41(34)63(68)69)8-2-3-13-42(64)31-15-17-35(54(66)67)38(23-31)46-39-24-32-9-4-18-60-20-6-11-36(48(32)60)50(39)80-51-37-12-7-21-61-19-5-10-33(49(37)61)25-40(46)51/h14-17,22-25,28-29,43-45,65H,3-7,9-13,18-21,26-27H2,1H3,(H6-,56,58,59,66,67,70,71,72,73,74,75,76)/p+1/t29?,43-,44-,45-/m1/s1. The Morgan fingerprint density at radius 2 is 1.67 bits per heavy atom. The van der Waals surface area contributed by atoms with E-state index in [9.17, 15) is 53.4 Å². The number of nitro benzene ring substituents is 1. The number of carbonyl (C=O) groups excluding carboxylic acids is 1. The first-order chi connectivity index (χ1) is 40.5. The second-order valence-electron chi connectivity index (χ2n) is 21.5. The number of phosphoric acid groups is 3. The van der Waals surface area contributed by atoms with Crippen LogP contribution < -0.4 is 35.3 Å². The minimum atomic E-state index is -5.80. The zero-order valence-corrected chi connectivity index (χ0v) is 48.0. The second kappa shape index (κ2) is 22.5. The second-order valence-corrected chi connectivity index (χ2v) is 25.9. The number of carboxylic acid groups (broad SMARTS) is 1. The third kappa shape index (κ3) is 11.5. The Labute approximate surface area is 482 Å². The fourth-order valence-electron chi connectivity index (χ4n) is 12.5. The van der Waals surface area contributed by atoms with Crippen LogP contribution >= 0.6 is 23.5 Å². The number of ketones is 1. The summed E-state index contributed by atoms with van der Waals surface area (Å²) < 4.78 is 69.9. The number of nitro groups is 1. The third-order valence-corrected chi connectivity index (χ3v) is 19.7. The SMILES string of the molecule is CC(Oc1nc(N)nc2c1ncn2[C@H]1C[C@@H](O)[C@@H](COP(=O)(O)OP(=O)(O)OP(=O)(O)O)O1)c1ccc(C#CCCC(=O)c2ccc(C(=O)O)c(C3=c4cc5c6c(c4Oc4c3cc3c7c4CCCN7CCC3)CCC[N+]=6CCC5)c2)cc1[N+](=O)[O-]. The van der Waals surface area contributed by atoms with Crippen LogP contribution in [0.3, 0.4) is 0 Å². The zero-order chi connectivity index (χ0) is 59.9. The number of nitrogen functional groups attached to an aromatic ring is 1. The Bertz CT molecular complexity index is 4190. The summed E-state index contributed by atoms with van der Waals surface area (Å²) in [5.41, 5.74) is 14.5. The third-order valence-electron chi connectivity index (χ3n) is 15.9. The molecule has 6 aromatic rings. The van der Waals surface area contributed by atoms with Crippen molar-refractivity contribution in [1.82, 2.24) is 24.1 Å². The maximum Gasteiger partial charge on any atom is 0.490 e. The van der Waals surface area contributed by atoms with E-state index in [1.807, 2.05) is 0 Å². The molecule has 0 saturated carbocycles. The van der Waals surface area contributed by atoms with E-state index in [1.54, 1.807) is 12.1 Å². The van der Waals surface area contributed by atoms with Crippen molar-refractivity contribution >= 4 is 69.3 Å². The highest BCUT2D eigenvalue weighted by atomic mass is 31.3. The van der Waals surface area contributed by atoms with Crippen LogP contribution in [-0.4, -0.2) is 111 Å². The fourth-order valence-corrected chi connectivity index (χ4v) is 15.5. The molecular formula is C55H56N8O19P3+.